The van der Waals surface area contributed by atoms with Gasteiger partial charge in [-0.3, -0.25) is 9.48 Å². The summed E-state index contributed by atoms with van der Waals surface area (Å²) < 4.78 is 1.90. The van der Waals surface area contributed by atoms with E-state index in [9.17, 15) is 4.79 Å². The monoisotopic (exact) mass is 396 g/mol. The van der Waals surface area contributed by atoms with Gasteiger partial charge in [0.25, 0.3) is 0 Å². The number of aliphatic imine (C=N–C) groups is 1. The lowest BCUT2D eigenvalue weighted by Crippen LogP contribution is -2.37. The highest BCUT2D eigenvalue weighted by atomic mass is 16.1. The molecule has 1 aliphatic rings. The number of aromatic nitrogens is 2. The molecule has 7 nitrogen and oxygen atoms in total. The van der Waals surface area contributed by atoms with Gasteiger partial charge in [-0.15, -0.1) is 0 Å². The Morgan fingerprint density at radius 2 is 2.07 bits per heavy atom. The minimum Gasteiger partial charge on any atom is -0.357 e. The summed E-state index contributed by atoms with van der Waals surface area (Å²) in [5, 5.41) is 14.2. The number of rotatable bonds is 7. The summed E-state index contributed by atoms with van der Waals surface area (Å²) >= 11 is 0. The second-order valence-corrected chi connectivity index (χ2v) is 7.64. The van der Waals surface area contributed by atoms with Crippen LogP contribution in [0, 0.1) is 19.8 Å². The van der Waals surface area contributed by atoms with E-state index in [0.29, 0.717) is 13.1 Å². The molecule has 7 heteroatoms. The summed E-state index contributed by atoms with van der Waals surface area (Å²) in [7, 11) is 1.96. The fraction of sp³-hybridized carbons (Fsp3) is 0.500. The first-order valence-electron chi connectivity index (χ1n) is 10.4. The molecule has 1 aromatic carbocycles. The van der Waals surface area contributed by atoms with Crippen molar-refractivity contribution in [3.8, 4) is 0 Å². The summed E-state index contributed by atoms with van der Waals surface area (Å²) in [4.78, 5) is 16.9. The molecule has 3 rings (SSSR count). The van der Waals surface area contributed by atoms with Crippen molar-refractivity contribution in [1.29, 1.82) is 0 Å². The van der Waals surface area contributed by atoms with Crippen molar-refractivity contribution in [1.82, 2.24) is 20.4 Å². The van der Waals surface area contributed by atoms with Crippen LogP contribution in [0.15, 0.2) is 29.3 Å². The first-order valence-corrected chi connectivity index (χ1v) is 10.4. The number of guanidine groups is 1. The molecule has 3 N–H and O–H groups in total. The first kappa shape index (κ1) is 20.9. The fourth-order valence-electron chi connectivity index (χ4n) is 3.42. The molecule has 1 amide bonds. The topological polar surface area (TPSA) is 83.3 Å². The third kappa shape index (κ3) is 5.37. The smallest absolute Gasteiger partial charge is 0.227 e. The van der Waals surface area contributed by atoms with Crippen LogP contribution in [0.25, 0.3) is 0 Å². The summed E-state index contributed by atoms with van der Waals surface area (Å²) in [6.45, 7) is 8.15. The highest BCUT2D eigenvalue weighted by molar-refractivity contribution is 5.93. The number of carbonyl (C=O) groups is 1. The third-order valence-corrected chi connectivity index (χ3v) is 5.53. The number of anilines is 1. The van der Waals surface area contributed by atoms with Gasteiger partial charge < -0.3 is 16.0 Å². The van der Waals surface area contributed by atoms with Gasteiger partial charge in [-0.1, -0.05) is 18.6 Å². The van der Waals surface area contributed by atoms with Gasteiger partial charge in [0, 0.05) is 43.0 Å². The summed E-state index contributed by atoms with van der Waals surface area (Å²) in [5.41, 5.74) is 5.28. The zero-order chi connectivity index (χ0) is 20.8. The summed E-state index contributed by atoms with van der Waals surface area (Å²) in [6, 6.07) is 7.92. The number of benzene rings is 1. The van der Waals surface area contributed by atoms with Gasteiger partial charge in [-0.05, 0) is 51.3 Å². The number of carbonyl (C=O) groups excluding carboxylic acids is 1. The molecule has 1 fully saturated rings. The van der Waals surface area contributed by atoms with Crippen LogP contribution in [0.5, 0.6) is 0 Å². The van der Waals surface area contributed by atoms with E-state index in [4.69, 9.17) is 4.99 Å². The van der Waals surface area contributed by atoms with Crippen molar-refractivity contribution in [2.75, 3.05) is 11.9 Å². The maximum absolute atomic E-state index is 12.2. The number of nitrogens with zero attached hydrogens (tertiary/aromatic N) is 3. The van der Waals surface area contributed by atoms with Gasteiger partial charge in [-0.25, -0.2) is 4.99 Å². The predicted octanol–water partition coefficient (Wildman–Crippen LogP) is 3.03. The molecule has 1 aliphatic carbocycles. The number of nitrogens with one attached hydrogen (secondary N) is 3. The second-order valence-electron chi connectivity index (χ2n) is 7.64. The molecule has 0 spiro atoms. The molecule has 0 bridgehead atoms. The Bertz CT molecular complexity index is 881. The maximum Gasteiger partial charge on any atom is 0.227 e. The first-order chi connectivity index (χ1) is 14.0. The van der Waals surface area contributed by atoms with Gasteiger partial charge in [0.2, 0.25) is 5.91 Å². The van der Waals surface area contributed by atoms with Crippen LogP contribution in [-0.4, -0.2) is 28.2 Å². The summed E-state index contributed by atoms with van der Waals surface area (Å²) in [5.74, 6) is 1.08. The Morgan fingerprint density at radius 1 is 1.28 bits per heavy atom. The van der Waals surface area contributed by atoms with Crippen LogP contribution in [-0.2, 0) is 24.9 Å². The molecule has 2 aromatic rings. The highest BCUT2D eigenvalue weighted by Crippen LogP contribution is 2.27. The number of hydrogen-bond donors (Lipinski definition) is 3. The molecular weight excluding hydrogens is 364 g/mol. The van der Waals surface area contributed by atoms with Crippen molar-refractivity contribution in [3.63, 3.8) is 0 Å². The zero-order valence-electron chi connectivity index (χ0n) is 17.9. The third-order valence-electron chi connectivity index (χ3n) is 5.53. The summed E-state index contributed by atoms with van der Waals surface area (Å²) in [6.07, 6.45) is 3.16. The molecule has 29 heavy (non-hydrogen) atoms. The lowest BCUT2D eigenvalue weighted by atomic mass is 9.85. The quantitative estimate of drug-likeness (QED) is 0.496. The average molecular weight is 397 g/mol. The Kier molecular flexibility index (Phi) is 6.90. The average Bonchev–Trinajstić information content (AvgIpc) is 2.88. The van der Waals surface area contributed by atoms with E-state index in [-0.39, 0.29) is 11.8 Å². The van der Waals surface area contributed by atoms with E-state index in [0.717, 1.165) is 54.4 Å². The Balaban J connectivity index is 1.62. The molecule has 1 heterocycles. The number of hydrogen-bond acceptors (Lipinski definition) is 3. The minimum absolute atomic E-state index is 0.133. The van der Waals surface area contributed by atoms with Crippen molar-refractivity contribution in [2.45, 2.75) is 53.1 Å². The van der Waals surface area contributed by atoms with Crippen LogP contribution in [0.4, 0.5) is 5.69 Å². The van der Waals surface area contributed by atoms with Crippen molar-refractivity contribution >= 4 is 17.6 Å². The Hall–Kier alpha value is -2.83. The van der Waals surface area contributed by atoms with Crippen LogP contribution in [0.1, 0.15) is 48.7 Å². The van der Waals surface area contributed by atoms with E-state index in [1.165, 1.54) is 5.56 Å². The fourth-order valence-corrected chi connectivity index (χ4v) is 3.42. The predicted molar refractivity (Wildman–Crippen MR) is 117 cm³/mol. The highest BCUT2D eigenvalue weighted by Gasteiger charge is 2.25. The van der Waals surface area contributed by atoms with Crippen molar-refractivity contribution in [3.05, 3.63) is 46.8 Å². The van der Waals surface area contributed by atoms with E-state index >= 15 is 0 Å². The molecular formula is C22H32N6O. The van der Waals surface area contributed by atoms with E-state index in [1.807, 2.05) is 49.8 Å². The van der Waals surface area contributed by atoms with Crippen LogP contribution >= 0.6 is 0 Å². The lowest BCUT2D eigenvalue weighted by molar-refractivity contribution is -0.122. The number of aryl methyl sites for hydroxylation is 2. The molecule has 0 unspecified atom stereocenters. The van der Waals surface area contributed by atoms with E-state index in [1.54, 1.807) is 0 Å². The normalized spacial score (nSPS) is 14.4. The van der Waals surface area contributed by atoms with Gasteiger partial charge in [0.15, 0.2) is 5.96 Å². The molecule has 156 valence electrons. The van der Waals surface area contributed by atoms with Crippen LogP contribution in [0.3, 0.4) is 0 Å². The SMILES string of the molecule is CCNC(=NCc1cccc(NC(=O)C2CCC2)c1)NCc1c(C)nn(C)c1C. The Morgan fingerprint density at radius 3 is 2.69 bits per heavy atom. The second kappa shape index (κ2) is 9.58. The molecule has 0 saturated heterocycles. The molecule has 0 radical (unpaired) electrons. The Labute approximate surface area is 173 Å². The minimum atomic E-state index is 0.133. The zero-order valence-corrected chi connectivity index (χ0v) is 17.9. The van der Waals surface area contributed by atoms with Crippen molar-refractivity contribution < 1.29 is 4.79 Å². The van der Waals surface area contributed by atoms with Gasteiger partial charge in [0.05, 0.1) is 12.2 Å². The van der Waals surface area contributed by atoms with Gasteiger partial charge >= 0.3 is 0 Å². The van der Waals surface area contributed by atoms with E-state index < -0.39 is 0 Å². The number of amides is 1. The van der Waals surface area contributed by atoms with Gasteiger partial charge in [-0.2, -0.15) is 5.10 Å². The van der Waals surface area contributed by atoms with Gasteiger partial charge in [0.1, 0.15) is 0 Å². The van der Waals surface area contributed by atoms with Crippen LogP contribution in [0.2, 0.25) is 0 Å². The molecule has 1 saturated carbocycles. The largest absolute Gasteiger partial charge is 0.357 e. The maximum atomic E-state index is 12.2. The molecule has 0 aliphatic heterocycles. The lowest BCUT2D eigenvalue weighted by Gasteiger charge is -2.24. The molecule has 1 aromatic heterocycles. The van der Waals surface area contributed by atoms with Crippen LogP contribution < -0.4 is 16.0 Å². The van der Waals surface area contributed by atoms with E-state index in [2.05, 4.69) is 28.0 Å². The van der Waals surface area contributed by atoms with Crippen molar-refractivity contribution in [2.24, 2.45) is 18.0 Å². The standard InChI is InChI=1S/C22H32N6O/c1-5-23-22(25-14-20-15(2)27-28(4)16(20)3)24-13-17-8-6-11-19(12-17)26-21(29)18-9-7-10-18/h6,8,11-12,18H,5,7,9-10,13-14H2,1-4H3,(H,26,29)(H2,23,24,25). The molecule has 0 atom stereocenters.